The van der Waals surface area contributed by atoms with E-state index < -0.39 is 0 Å². The molecule has 0 amide bonds. The smallest absolute Gasteiger partial charge is 0.115 e. The lowest BCUT2D eigenvalue weighted by Gasteiger charge is -2.14. The lowest BCUT2D eigenvalue weighted by atomic mass is 10.00. The van der Waals surface area contributed by atoms with Crippen molar-refractivity contribution in [3.63, 3.8) is 0 Å². The summed E-state index contributed by atoms with van der Waals surface area (Å²) in [6, 6.07) is 5.62. The molecule has 138 valence electrons. The maximum absolute atomic E-state index is 9.48. The van der Waals surface area contributed by atoms with Gasteiger partial charge in [0, 0.05) is 5.25 Å². The molecular weight excluding hydrogens is 312 g/mol. The molecule has 1 aromatic rings. The molecule has 1 atom stereocenters. The van der Waals surface area contributed by atoms with Crippen LogP contribution in [0.5, 0.6) is 5.75 Å². The van der Waals surface area contributed by atoms with Crippen molar-refractivity contribution in [2.45, 2.75) is 103 Å². The first kappa shape index (κ1) is 21.4. The zero-order chi connectivity index (χ0) is 17.6. The molecule has 0 aliphatic rings. The molecule has 0 saturated heterocycles. The summed E-state index contributed by atoms with van der Waals surface area (Å²) in [6.45, 7) is 4.34. The van der Waals surface area contributed by atoms with Gasteiger partial charge < -0.3 is 5.11 Å². The summed E-state index contributed by atoms with van der Waals surface area (Å²) in [6.07, 6.45) is 17.8. The molecule has 0 radical (unpaired) electrons. The average Bonchev–Trinajstić information content (AvgIpc) is 2.55. The average molecular weight is 351 g/mol. The minimum absolute atomic E-state index is 0.300. The highest BCUT2D eigenvalue weighted by Crippen LogP contribution is 2.30. The number of thiol groups is 1. The molecule has 0 fully saturated rings. The van der Waals surface area contributed by atoms with E-state index in [0.717, 1.165) is 12.0 Å². The fourth-order valence-corrected chi connectivity index (χ4v) is 3.84. The van der Waals surface area contributed by atoms with Crippen LogP contribution in [0.3, 0.4) is 0 Å². The summed E-state index contributed by atoms with van der Waals surface area (Å²) in [5.74, 6) is 0.349. The second-order valence-electron chi connectivity index (χ2n) is 7.23. The molecule has 0 aromatic heterocycles. The number of hydrogen-bond donors (Lipinski definition) is 2. The van der Waals surface area contributed by atoms with Crippen molar-refractivity contribution in [1.29, 1.82) is 0 Å². The van der Waals surface area contributed by atoms with Gasteiger partial charge in [0.1, 0.15) is 5.75 Å². The van der Waals surface area contributed by atoms with Crippen molar-refractivity contribution < 1.29 is 5.11 Å². The largest absolute Gasteiger partial charge is 0.508 e. The van der Waals surface area contributed by atoms with Crippen LogP contribution in [-0.4, -0.2) is 5.11 Å². The van der Waals surface area contributed by atoms with E-state index in [2.05, 4.69) is 13.8 Å². The molecule has 0 aliphatic carbocycles. The van der Waals surface area contributed by atoms with Crippen molar-refractivity contribution >= 4 is 12.6 Å². The van der Waals surface area contributed by atoms with Crippen LogP contribution in [-0.2, 0) is 0 Å². The molecular formula is C22H38OS. The molecule has 1 aromatic carbocycles. The highest BCUT2D eigenvalue weighted by Gasteiger charge is 2.09. The summed E-state index contributed by atoms with van der Waals surface area (Å²) in [4.78, 5) is 0. The Morgan fingerprint density at radius 1 is 0.833 bits per heavy atom. The van der Waals surface area contributed by atoms with Crippen LogP contribution in [0, 0.1) is 6.92 Å². The van der Waals surface area contributed by atoms with Gasteiger partial charge in [-0.1, -0.05) is 90.0 Å². The normalized spacial score (nSPS) is 12.5. The molecule has 1 N–H and O–H groups in total. The second-order valence-corrected chi connectivity index (χ2v) is 7.86. The summed E-state index contributed by atoms with van der Waals surface area (Å²) < 4.78 is 0. The Labute approximate surface area is 155 Å². The highest BCUT2D eigenvalue weighted by atomic mass is 32.1. The predicted octanol–water partition coefficient (Wildman–Crippen LogP) is 7.76. The van der Waals surface area contributed by atoms with Gasteiger partial charge in [0.15, 0.2) is 0 Å². The van der Waals surface area contributed by atoms with Gasteiger partial charge in [-0.05, 0) is 36.6 Å². The van der Waals surface area contributed by atoms with Crippen LogP contribution in [0.15, 0.2) is 18.2 Å². The maximum atomic E-state index is 9.48. The molecule has 2 heteroatoms. The van der Waals surface area contributed by atoms with Gasteiger partial charge in [-0.2, -0.15) is 12.6 Å². The molecule has 1 rings (SSSR count). The first-order valence-electron chi connectivity index (χ1n) is 10.1. The third-order valence-corrected chi connectivity index (χ3v) is 5.48. The van der Waals surface area contributed by atoms with Crippen LogP contribution >= 0.6 is 12.6 Å². The molecule has 0 heterocycles. The van der Waals surface area contributed by atoms with Gasteiger partial charge in [0.25, 0.3) is 0 Å². The molecule has 1 nitrogen and oxygen atoms in total. The Balaban J connectivity index is 1.96. The first-order chi connectivity index (χ1) is 11.6. The molecule has 0 spiro atoms. The molecule has 0 aliphatic heterocycles. The van der Waals surface area contributed by atoms with Crippen molar-refractivity contribution in [2.75, 3.05) is 0 Å². The van der Waals surface area contributed by atoms with E-state index in [-0.39, 0.29) is 0 Å². The lowest BCUT2D eigenvalue weighted by Crippen LogP contribution is -1.94. The monoisotopic (exact) mass is 350 g/mol. The van der Waals surface area contributed by atoms with Gasteiger partial charge in [0.05, 0.1) is 0 Å². The van der Waals surface area contributed by atoms with Crippen molar-refractivity contribution in [3.8, 4) is 5.75 Å². The SMILES string of the molecule is CCCCCCCCCCCCCCC(S)c1ccc(O)cc1C. The predicted molar refractivity (Wildman–Crippen MR) is 110 cm³/mol. The van der Waals surface area contributed by atoms with Crippen molar-refractivity contribution in [3.05, 3.63) is 29.3 Å². The molecule has 1 unspecified atom stereocenters. The van der Waals surface area contributed by atoms with E-state index in [1.165, 1.54) is 82.6 Å². The Kier molecular flexibility index (Phi) is 12.2. The summed E-state index contributed by atoms with van der Waals surface area (Å²) in [5.41, 5.74) is 2.41. The van der Waals surface area contributed by atoms with Gasteiger partial charge in [-0.25, -0.2) is 0 Å². The molecule has 0 bridgehead atoms. The van der Waals surface area contributed by atoms with Crippen molar-refractivity contribution in [2.24, 2.45) is 0 Å². The quantitative estimate of drug-likeness (QED) is 0.259. The number of phenolic OH excluding ortho intramolecular Hbond substituents is 1. The fourth-order valence-electron chi connectivity index (χ4n) is 3.37. The van der Waals surface area contributed by atoms with E-state index >= 15 is 0 Å². The Morgan fingerprint density at radius 2 is 1.33 bits per heavy atom. The Morgan fingerprint density at radius 3 is 1.83 bits per heavy atom. The minimum Gasteiger partial charge on any atom is -0.508 e. The number of phenols is 1. The third-order valence-electron chi connectivity index (χ3n) is 4.94. The number of aryl methyl sites for hydroxylation is 1. The van der Waals surface area contributed by atoms with Crippen LogP contribution in [0.1, 0.15) is 107 Å². The van der Waals surface area contributed by atoms with Gasteiger partial charge >= 0.3 is 0 Å². The number of rotatable bonds is 14. The van der Waals surface area contributed by atoms with Gasteiger partial charge in [-0.15, -0.1) is 0 Å². The van der Waals surface area contributed by atoms with E-state index in [4.69, 9.17) is 12.6 Å². The van der Waals surface area contributed by atoms with Crippen LogP contribution in [0.4, 0.5) is 0 Å². The fraction of sp³-hybridized carbons (Fsp3) is 0.727. The number of benzene rings is 1. The Bertz CT molecular complexity index is 430. The highest BCUT2D eigenvalue weighted by molar-refractivity contribution is 7.80. The molecule has 24 heavy (non-hydrogen) atoms. The lowest BCUT2D eigenvalue weighted by molar-refractivity contribution is 0.474. The van der Waals surface area contributed by atoms with Gasteiger partial charge in [-0.3, -0.25) is 0 Å². The zero-order valence-corrected chi connectivity index (χ0v) is 16.8. The standard InChI is InChI=1S/C22H38OS/c1-3-4-5-6-7-8-9-10-11-12-13-14-15-22(24)21-17-16-20(23)18-19(21)2/h16-18,22-24H,3-15H2,1-2H3. The first-order valence-corrected chi connectivity index (χ1v) is 10.6. The van der Waals surface area contributed by atoms with E-state index in [1.54, 1.807) is 6.07 Å². The Hall–Kier alpha value is -0.630. The van der Waals surface area contributed by atoms with Crippen LogP contribution in [0.25, 0.3) is 0 Å². The van der Waals surface area contributed by atoms with Crippen LogP contribution in [0.2, 0.25) is 0 Å². The van der Waals surface area contributed by atoms with Crippen molar-refractivity contribution in [1.82, 2.24) is 0 Å². The number of hydrogen-bond acceptors (Lipinski definition) is 2. The number of aromatic hydroxyl groups is 1. The third kappa shape index (κ3) is 9.61. The summed E-state index contributed by atoms with van der Waals surface area (Å²) in [5, 5.41) is 9.78. The topological polar surface area (TPSA) is 20.2 Å². The minimum atomic E-state index is 0.300. The zero-order valence-electron chi connectivity index (χ0n) is 15.9. The van der Waals surface area contributed by atoms with Gasteiger partial charge in [0.2, 0.25) is 0 Å². The second kappa shape index (κ2) is 13.6. The van der Waals surface area contributed by atoms with E-state index in [1.807, 2.05) is 12.1 Å². The van der Waals surface area contributed by atoms with E-state index in [0.29, 0.717) is 11.0 Å². The summed E-state index contributed by atoms with van der Waals surface area (Å²) in [7, 11) is 0. The maximum Gasteiger partial charge on any atom is 0.115 e. The number of unbranched alkanes of at least 4 members (excludes halogenated alkanes) is 11. The molecule has 0 saturated carbocycles. The summed E-state index contributed by atoms with van der Waals surface area (Å²) >= 11 is 4.75. The van der Waals surface area contributed by atoms with E-state index in [9.17, 15) is 5.11 Å². The van der Waals surface area contributed by atoms with Crippen LogP contribution < -0.4 is 0 Å².